The lowest BCUT2D eigenvalue weighted by atomic mass is 10.1. The van der Waals surface area contributed by atoms with Crippen LogP contribution in [-0.2, 0) is 8.85 Å². The Balaban J connectivity index is 2.31. The molecule has 0 spiro atoms. The highest BCUT2D eigenvalue weighted by Gasteiger charge is 2.61. The van der Waals surface area contributed by atoms with Gasteiger partial charge in [-0.3, -0.25) is 0 Å². The van der Waals surface area contributed by atoms with Crippen LogP contribution in [0.4, 0.5) is 0 Å². The summed E-state index contributed by atoms with van der Waals surface area (Å²) in [5.41, 5.74) is 0. The molecular weight excluding hydrogens is 300 g/mol. The highest BCUT2D eigenvalue weighted by molar-refractivity contribution is 6.73. The third kappa shape index (κ3) is 5.86. The van der Waals surface area contributed by atoms with Gasteiger partial charge in [0.25, 0.3) is 0 Å². The molecular formula is C20H42O2Si. The topological polar surface area (TPSA) is 18.5 Å². The first-order valence-corrected chi connectivity index (χ1v) is 11.8. The Morgan fingerprint density at radius 3 is 1.70 bits per heavy atom. The van der Waals surface area contributed by atoms with E-state index in [0.29, 0.717) is 6.10 Å². The fraction of sp³-hybridized carbons (Fsp3) is 1.00. The van der Waals surface area contributed by atoms with Crippen molar-refractivity contribution in [3.05, 3.63) is 0 Å². The zero-order valence-corrected chi connectivity index (χ0v) is 18.0. The summed E-state index contributed by atoms with van der Waals surface area (Å²) in [5.74, 6) is 0. The van der Waals surface area contributed by atoms with Gasteiger partial charge in [-0.15, -0.1) is 0 Å². The molecule has 23 heavy (non-hydrogen) atoms. The summed E-state index contributed by atoms with van der Waals surface area (Å²) in [5, 5.41) is 0.249. The fourth-order valence-electron chi connectivity index (χ4n) is 4.07. The van der Waals surface area contributed by atoms with Crippen molar-refractivity contribution in [2.45, 2.75) is 122 Å². The molecule has 0 saturated carbocycles. The molecule has 1 aliphatic rings. The lowest BCUT2D eigenvalue weighted by Gasteiger charge is -2.45. The Morgan fingerprint density at radius 1 is 0.783 bits per heavy atom. The summed E-state index contributed by atoms with van der Waals surface area (Å²) in [4.78, 5) is 0. The summed E-state index contributed by atoms with van der Waals surface area (Å²) < 4.78 is 13.1. The van der Waals surface area contributed by atoms with Crippen molar-refractivity contribution in [3.63, 3.8) is 0 Å². The fourth-order valence-corrected chi connectivity index (χ4v) is 9.04. The second kappa shape index (κ2) is 9.01. The lowest BCUT2D eigenvalue weighted by Crippen LogP contribution is -2.54. The Labute approximate surface area is 147 Å². The van der Waals surface area contributed by atoms with Crippen LogP contribution in [0.25, 0.3) is 0 Å². The Bertz CT molecular complexity index is 314. The van der Waals surface area contributed by atoms with Crippen LogP contribution >= 0.6 is 0 Å². The van der Waals surface area contributed by atoms with E-state index in [9.17, 15) is 0 Å². The molecule has 0 amide bonds. The van der Waals surface area contributed by atoms with Crippen LogP contribution in [0.3, 0.4) is 0 Å². The van der Waals surface area contributed by atoms with Crippen molar-refractivity contribution < 1.29 is 8.85 Å². The summed E-state index contributed by atoms with van der Waals surface area (Å²) in [6.07, 6.45) is 12.5. The molecule has 0 aromatic rings. The van der Waals surface area contributed by atoms with Gasteiger partial charge in [-0.1, -0.05) is 99.8 Å². The molecule has 1 rings (SSSR count). The van der Waals surface area contributed by atoms with Gasteiger partial charge in [-0.25, -0.2) is 0 Å². The van der Waals surface area contributed by atoms with Crippen LogP contribution in [0.1, 0.15) is 106 Å². The smallest absolute Gasteiger partial charge is 0.349 e. The van der Waals surface area contributed by atoms with E-state index in [1.165, 1.54) is 57.8 Å². The first kappa shape index (κ1) is 21.2. The average molecular weight is 343 g/mol. The molecule has 1 atom stereocenters. The molecule has 1 fully saturated rings. The highest BCUT2D eigenvalue weighted by atomic mass is 28.4. The second-order valence-electron chi connectivity index (χ2n) is 9.43. The van der Waals surface area contributed by atoms with Crippen molar-refractivity contribution in [3.8, 4) is 0 Å². The number of unbranched alkanes of at least 4 members (excludes halogenated alkanes) is 7. The van der Waals surface area contributed by atoms with E-state index in [2.05, 4.69) is 48.5 Å². The van der Waals surface area contributed by atoms with Crippen molar-refractivity contribution in [2.75, 3.05) is 6.61 Å². The minimum Gasteiger partial charge on any atom is -0.391 e. The SMILES string of the molecule is CCCCCCCCCCC1CO[Si](C(C)(C)C)(C(C)(C)C)O1. The Hall–Kier alpha value is 0.137. The van der Waals surface area contributed by atoms with Gasteiger partial charge in [-0.2, -0.15) is 0 Å². The van der Waals surface area contributed by atoms with Crippen LogP contribution in [-0.4, -0.2) is 21.3 Å². The zero-order chi connectivity index (χ0) is 17.6. The normalized spacial score (nSPS) is 21.8. The van der Waals surface area contributed by atoms with E-state index < -0.39 is 8.56 Å². The molecule has 0 N–H and O–H groups in total. The van der Waals surface area contributed by atoms with Gasteiger partial charge >= 0.3 is 8.56 Å². The quantitative estimate of drug-likeness (QED) is 0.332. The largest absolute Gasteiger partial charge is 0.391 e. The summed E-state index contributed by atoms with van der Waals surface area (Å²) in [6, 6.07) is 0. The predicted octanol–water partition coefficient (Wildman–Crippen LogP) is 6.98. The van der Waals surface area contributed by atoms with E-state index in [1.54, 1.807) is 0 Å². The molecule has 138 valence electrons. The maximum atomic E-state index is 6.65. The first-order chi connectivity index (χ1) is 10.6. The molecule has 0 aromatic heterocycles. The van der Waals surface area contributed by atoms with Crippen LogP contribution in [0, 0.1) is 0 Å². The molecule has 0 radical (unpaired) electrons. The molecule has 1 saturated heterocycles. The van der Waals surface area contributed by atoms with E-state index in [4.69, 9.17) is 8.85 Å². The summed E-state index contributed by atoms with van der Waals surface area (Å²) >= 11 is 0. The maximum Gasteiger partial charge on any atom is 0.349 e. The molecule has 3 heteroatoms. The van der Waals surface area contributed by atoms with Crippen molar-refractivity contribution in [2.24, 2.45) is 0 Å². The number of rotatable bonds is 9. The molecule has 0 aliphatic carbocycles. The third-order valence-electron chi connectivity index (χ3n) is 5.16. The molecule has 0 aromatic carbocycles. The van der Waals surface area contributed by atoms with E-state index in [1.807, 2.05) is 0 Å². The zero-order valence-electron chi connectivity index (χ0n) is 17.0. The minimum absolute atomic E-state index is 0.124. The monoisotopic (exact) mass is 342 g/mol. The molecule has 1 unspecified atom stereocenters. The van der Waals surface area contributed by atoms with Crippen LogP contribution in [0.15, 0.2) is 0 Å². The second-order valence-corrected chi connectivity index (χ2v) is 14.2. The van der Waals surface area contributed by atoms with Crippen molar-refractivity contribution >= 4 is 8.56 Å². The van der Waals surface area contributed by atoms with Gasteiger partial charge in [-0.05, 0) is 6.42 Å². The molecule has 1 heterocycles. The van der Waals surface area contributed by atoms with Gasteiger partial charge in [0.1, 0.15) is 0 Å². The predicted molar refractivity (Wildman–Crippen MR) is 103 cm³/mol. The van der Waals surface area contributed by atoms with Crippen molar-refractivity contribution in [1.29, 1.82) is 0 Å². The van der Waals surface area contributed by atoms with Gasteiger partial charge in [0.2, 0.25) is 0 Å². The molecule has 2 nitrogen and oxygen atoms in total. The summed E-state index contributed by atoms with van der Waals surface area (Å²) in [7, 11) is -2.19. The van der Waals surface area contributed by atoms with Crippen LogP contribution in [0.2, 0.25) is 10.1 Å². The van der Waals surface area contributed by atoms with Crippen LogP contribution in [0.5, 0.6) is 0 Å². The maximum absolute atomic E-state index is 6.65. The van der Waals surface area contributed by atoms with Gasteiger partial charge in [0, 0.05) is 10.1 Å². The molecule has 1 aliphatic heterocycles. The van der Waals surface area contributed by atoms with E-state index >= 15 is 0 Å². The average Bonchev–Trinajstić information content (AvgIpc) is 2.87. The van der Waals surface area contributed by atoms with Gasteiger partial charge in [0.15, 0.2) is 0 Å². The van der Waals surface area contributed by atoms with E-state index in [-0.39, 0.29) is 10.1 Å². The highest BCUT2D eigenvalue weighted by Crippen LogP contribution is 2.55. The molecule has 0 bridgehead atoms. The summed E-state index contributed by atoms with van der Waals surface area (Å²) in [6.45, 7) is 16.9. The first-order valence-electron chi connectivity index (χ1n) is 9.96. The standard InChI is InChI=1S/C20H42O2Si/c1-8-9-10-11-12-13-14-15-16-18-17-21-23(22-18,19(2,3)4)20(5,6)7/h18H,8-17H2,1-7H3. The van der Waals surface area contributed by atoms with Gasteiger partial charge < -0.3 is 8.85 Å². The Morgan fingerprint density at radius 2 is 1.26 bits per heavy atom. The van der Waals surface area contributed by atoms with Crippen LogP contribution < -0.4 is 0 Å². The number of hydrogen-bond donors (Lipinski definition) is 0. The number of hydrogen-bond acceptors (Lipinski definition) is 2. The lowest BCUT2D eigenvalue weighted by molar-refractivity contribution is 0.193. The van der Waals surface area contributed by atoms with Gasteiger partial charge in [0.05, 0.1) is 12.7 Å². The minimum atomic E-state index is -2.19. The third-order valence-corrected chi connectivity index (χ3v) is 10.3. The van der Waals surface area contributed by atoms with Crippen molar-refractivity contribution in [1.82, 2.24) is 0 Å². The Kier molecular flexibility index (Phi) is 8.29. The van der Waals surface area contributed by atoms with E-state index in [0.717, 1.165) is 6.61 Å².